The Morgan fingerprint density at radius 3 is 2.54 bits per heavy atom. The number of nitrogens with one attached hydrogen (secondary N) is 1. The molecule has 0 bridgehead atoms. The fourth-order valence-electron chi connectivity index (χ4n) is 1.89. The van der Waals surface area contributed by atoms with Gasteiger partial charge in [0, 0.05) is 22.6 Å². The number of hydrogen-bond acceptors (Lipinski definition) is 6. The minimum Gasteiger partial charge on any atom is -0.468 e. The number of halogens is 2. The molecule has 2 rings (SSSR count). The number of carbonyl (C=O) groups is 2. The van der Waals surface area contributed by atoms with Gasteiger partial charge in [-0.2, -0.15) is 0 Å². The molecule has 1 amide bonds. The van der Waals surface area contributed by atoms with Crippen molar-refractivity contribution in [2.45, 2.75) is 9.79 Å². The number of benzene rings is 2. The highest BCUT2D eigenvalue weighted by Crippen LogP contribution is 2.36. The molecule has 0 radical (unpaired) electrons. The van der Waals surface area contributed by atoms with E-state index in [1.54, 1.807) is 0 Å². The molecule has 0 spiro atoms. The van der Waals surface area contributed by atoms with Crippen LogP contribution in [0.5, 0.6) is 0 Å². The van der Waals surface area contributed by atoms with E-state index in [0.29, 0.717) is 17.8 Å². The van der Waals surface area contributed by atoms with Crippen molar-refractivity contribution in [2.75, 3.05) is 13.7 Å². The number of carbonyl (C=O) groups excluding carboxylic acids is 2. The van der Waals surface area contributed by atoms with Gasteiger partial charge in [-0.15, -0.1) is 0 Å². The summed E-state index contributed by atoms with van der Waals surface area (Å²) in [5.41, 5.74) is -0.312. The molecule has 0 aliphatic carbocycles. The third-order valence-electron chi connectivity index (χ3n) is 3.15. The first-order valence-electron chi connectivity index (χ1n) is 7.08. The van der Waals surface area contributed by atoms with E-state index in [0.717, 1.165) is 25.3 Å². The van der Waals surface area contributed by atoms with Gasteiger partial charge < -0.3 is 10.1 Å². The standard InChI is InChI=1S/C16H12F2N2O5S/c1-25-15(21)8-19-16(22)9-2-4-12(20(23)24)14(6-9)26-13-5-3-10(17)7-11(13)18/h2-7H,8H2,1H3,(H,19,22). The van der Waals surface area contributed by atoms with E-state index in [1.807, 2.05) is 0 Å². The molecule has 0 aliphatic heterocycles. The highest BCUT2D eigenvalue weighted by molar-refractivity contribution is 7.99. The summed E-state index contributed by atoms with van der Waals surface area (Å²) in [5, 5.41) is 13.5. The monoisotopic (exact) mass is 382 g/mol. The topological polar surface area (TPSA) is 98.5 Å². The third-order valence-corrected chi connectivity index (χ3v) is 4.25. The molecule has 2 aromatic rings. The van der Waals surface area contributed by atoms with Crippen LogP contribution in [0.4, 0.5) is 14.5 Å². The molecule has 10 heteroatoms. The van der Waals surface area contributed by atoms with Gasteiger partial charge in [0.2, 0.25) is 0 Å². The first kappa shape index (κ1) is 19.3. The summed E-state index contributed by atoms with van der Waals surface area (Å²) in [5.74, 6) is -2.99. The summed E-state index contributed by atoms with van der Waals surface area (Å²) in [7, 11) is 1.16. The van der Waals surface area contributed by atoms with Crippen LogP contribution in [0.15, 0.2) is 46.2 Å². The molecular formula is C16H12F2N2O5S. The summed E-state index contributed by atoms with van der Waals surface area (Å²) in [6.45, 7) is -0.374. The van der Waals surface area contributed by atoms with Crippen molar-refractivity contribution in [1.82, 2.24) is 5.32 Å². The van der Waals surface area contributed by atoms with Gasteiger partial charge in [-0.25, -0.2) is 8.78 Å². The Bertz CT molecular complexity index is 876. The molecule has 0 aromatic heterocycles. The zero-order valence-electron chi connectivity index (χ0n) is 13.3. The van der Waals surface area contributed by atoms with Crippen LogP contribution in [-0.4, -0.2) is 30.5 Å². The average Bonchev–Trinajstić information content (AvgIpc) is 2.61. The van der Waals surface area contributed by atoms with Crippen molar-refractivity contribution in [2.24, 2.45) is 0 Å². The predicted octanol–water partition coefficient (Wildman–Crippen LogP) is 2.93. The van der Waals surface area contributed by atoms with Crippen molar-refractivity contribution in [3.63, 3.8) is 0 Å². The third kappa shape index (κ3) is 4.76. The fourth-order valence-corrected chi connectivity index (χ4v) is 2.85. The molecule has 26 heavy (non-hydrogen) atoms. The van der Waals surface area contributed by atoms with Crippen molar-refractivity contribution in [1.29, 1.82) is 0 Å². The molecule has 0 saturated heterocycles. The maximum atomic E-state index is 13.8. The molecule has 0 aliphatic rings. The van der Waals surface area contributed by atoms with E-state index in [-0.39, 0.29) is 27.6 Å². The molecule has 0 unspecified atom stereocenters. The number of nitro benzene ring substituents is 1. The van der Waals surface area contributed by atoms with E-state index in [9.17, 15) is 28.5 Å². The Labute approximate surface area is 150 Å². The first-order chi connectivity index (χ1) is 12.3. The van der Waals surface area contributed by atoms with Crippen molar-refractivity contribution >= 4 is 29.3 Å². The zero-order chi connectivity index (χ0) is 19.3. The Hall–Kier alpha value is -3.01. The minimum absolute atomic E-state index is 0.00812. The van der Waals surface area contributed by atoms with Crippen molar-refractivity contribution in [3.05, 3.63) is 63.7 Å². The molecular weight excluding hydrogens is 370 g/mol. The van der Waals surface area contributed by atoms with Gasteiger partial charge in [0.05, 0.1) is 16.9 Å². The van der Waals surface area contributed by atoms with Crippen LogP contribution < -0.4 is 5.32 Å². The molecule has 0 fully saturated rings. The fraction of sp³-hybridized carbons (Fsp3) is 0.125. The van der Waals surface area contributed by atoms with Gasteiger partial charge in [-0.3, -0.25) is 19.7 Å². The molecule has 0 saturated carbocycles. The lowest BCUT2D eigenvalue weighted by Gasteiger charge is -2.08. The average molecular weight is 382 g/mol. The lowest BCUT2D eigenvalue weighted by molar-refractivity contribution is -0.387. The van der Waals surface area contributed by atoms with Crippen LogP contribution in [0.25, 0.3) is 0 Å². The number of esters is 1. The number of rotatable bonds is 6. The molecule has 1 N–H and O–H groups in total. The second kappa shape index (κ2) is 8.39. The summed E-state index contributed by atoms with van der Waals surface area (Å²) >= 11 is 0.683. The highest BCUT2D eigenvalue weighted by Gasteiger charge is 2.19. The van der Waals surface area contributed by atoms with Gasteiger partial charge in [0.15, 0.2) is 0 Å². The molecule has 136 valence electrons. The normalized spacial score (nSPS) is 10.3. The molecule has 0 heterocycles. The van der Waals surface area contributed by atoms with Crippen LogP contribution in [0, 0.1) is 21.7 Å². The van der Waals surface area contributed by atoms with E-state index < -0.39 is 28.4 Å². The van der Waals surface area contributed by atoms with E-state index in [2.05, 4.69) is 10.1 Å². The summed E-state index contributed by atoms with van der Waals surface area (Å²) < 4.78 is 31.2. The largest absolute Gasteiger partial charge is 0.468 e. The van der Waals surface area contributed by atoms with Crippen LogP contribution in [0.2, 0.25) is 0 Å². The number of amides is 1. The van der Waals surface area contributed by atoms with E-state index in [1.165, 1.54) is 12.1 Å². The van der Waals surface area contributed by atoms with Gasteiger partial charge in [-0.05, 0) is 24.3 Å². The Morgan fingerprint density at radius 1 is 1.19 bits per heavy atom. The maximum Gasteiger partial charge on any atom is 0.325 e. The quantitative estimate of drug-likeness (QED) is 0.469. The van der Waals surface area contributed by atoms with Gasteiger partial charge in [0.1, 0.15) is 18.2 Å². The van der Waals surface area contributed by atoms with Crippen molar-refractivity contribution < 1.29 is 28.0 Å². The summed E-state index contributed by atoms with van der Waals surface area (Å²) in [6.07, 6.45) is 0. The molecule has 2 aromatic carbocycles. The highest BCUT2D eigenvalue weighted by atomic mass is 32.2. The van der Waals surface area contributed by atoms with Gasteiger partial charge in [-0.1, -0.05) is 11.8 Å². The van der Waals surface area contributed by atoms with E-state index in [4.69, 9.17) is 0 Å². The lowest BCUT2D eigenvalue weighted by atomic mass is 10.2. The number of nitro groups is 1. The van der Waals surface area contributed by atoms with Gasteiger partial charge in [0.25, 0.3) is 11.6 Å². The van der Waals surface area contributed by atoms with Crippen molar-refractivity contribution in [3.8, 4) is 0 Å². The molecule has 7 nitrogen and oxygen atoms in total. The maximum absolute atomic E-state index is 13.8. The number of methoxy groups -OCH3 is 1. The molecule has 0 atom stereocenters. The number of hydrogen-bond donors (Lipinski definition) is 1. The predicted molar refractivity (Wildman–Crippen MR) is 87.9 cm³/mol. The van der Waals surface area contributed by atoms with Crippen LogP contribution >= 0.6 is 11.8 Å². The van der Waals surface area contributed by atoms with E-state index >= 15 is 0 Å². The second-order valence-corrected chi connectivity index (χ2v) is 5.96. The van der Waals surface area contributed by atoms with Gasteiger partial charge >= 0.3 is 5.97 Å². The minimum atomic E-state index is -0.884. The number of nitrogens with zero attached hydrogens (tertiary/aromatic N) is 1. The zero-order valence-corrected chi connectivity index (χ0v) is 14.1. The van der Waals surface area contributed by atoms with Crippen LogP contribution in [0.3, 0.4) is 0 Å². The smallest absolute Gasteiger partial charge is 0.325 e. The summed E-state index contributed by atoms with van der Waals surface area (Å²) in [4.78, 5) is 33.5. The first-order valence-corrected chi connectivity index (χ1v) is 7.90. The Kier molecular flexibility index (Phi) is 6.23. The Morgan fingerprint density at radius 2 is 1.92 bits per heavy atom. The number of ether oxygens (including phenoxy) is 1. The SMILES string of the molecule is COC(=O)CNC(=O)c1ccc([N+](=O)[O-])c(Sc2ccc(F)cc2F)c1. The van der Waals surface area contributed by atoms with Crippen LogP contribution in [0.1, 0.15) is 10.4 Å². The van der Waals surface area contributed by atoms with Crippen LogP contribution in [-0.2, 0) is 9.53 Å². The lowest BCUT2D eigenvalue weighted by Crippen LogP contribution is -2.30. The second-order valence-electron chi connectivity index (χ2n) is 4.88. The summed E-state index contributed by atoms with van der Waals surface area (Å²) in [6, 6.07) is 6.30. The Balaban J connectivity index is 2.32.